The maximum absolute atomic E-state index is 12.8. The Labute approximate surface area is 148 Å². The fraction of sp³-hybridized carbons (Fsp3) is 0.474. The van der Waals surface area contributed by atoms with Crippen molar-refractivity contribution in [2.45, 2.75) is 56.0 Å². The maximum Gasteiger partial charge on any atom is 0.236 e. The van der Waals surface area contributed by atoms with E-state index in [2.05, 4.69) is 33.9 Å². The average Bonchev–Trinajstić information content (AvgIpc) is 3.10. The number of nitrogens with zero attached hydrogens (tertiary/aromatic N) is 2. The molecule has 1 aliphatic rings. The van der Waals surface area contributed by atoms with Gasteiger partial charge in [-0.05, 0) is 38.2 Å². The summed E-state index contributed by atoms with van der Waals surface area (Å²) in [6, 6.07) is 10.5. The van der Waals surface area contributed by atoms with E-state index in [1.165, 1.54) is 18.2 Å². The lowest BCUT2D eigenvalue weighted by Crippen LogP contribution is -2.46. The average molecular weight is 343 g/mol. The number of likely N-dealkylation sites (tertiary alicyclic amines) is 1. The largest absolute Gasteiger partial charge is 0.339 e. The minimum atomic E-state index is -0.119. The number of aromatic nitrogens is 2. The van der Waals surface area contributed by atoms with E-state index in [9.17, 15) is 4.79 Å². The molecule has 0 saturated carbocycles. The number of thioether (sulfide) groups is 1. The minimum Gasteiger partial charge on any atom is -0.339 e. The van der Waals surface area contributed by atoms with E-state index in [4.69, 9.17) is 0 Å². The quantitative estimate of drug-likeness (QED) is 0.821. The molecule has 0 bridgehead atoms. The Morgan fingerprint density at radius 1 is 1.38 bits per heavy atom. The van der Waals surface area contributed by atoms with Crippen molar-refractivity contribution >= 4 is 17.7 Å². The molecule has 1 amide bonds. The summed E-state index contributed by atoms with van der Waals surface area (Å²) >= 11 is 1.52. The summed E-state index contributed by atoms with van der Waals surface area (Å²) in [6.45, 7) is 5.06. The van der Waals surface area contributed by atoms with E-state index in [1.54, 1.807) is 0 Å². The molecule has 2 aromatic rings. The molecule has 2 atom stereocenters. The van der Waals surface area contributed by atoms with Crippen LogP contribution in [0.25, 0.3) is 11.3 Å². The van der Waals surface area contributed by atoms with Gasteiger partial charge in [-0.25, -0.2) is 4.98 Å². The number of hydrogen-bond donors (Lipinski definition) is 1. The van der Waals surface area contributed by atoms with Crippen molar-refractivity contribution in [3.63, 3.8) is 0 Å². The first-order valence-electron chi connectivity index (χ1n) is 8.76. The second kappa shape index (κ2) is 7.88. The van der Waals surface area contributed by atoms with Gasteiger partial charge in [0.2, 0.25) is 5.91 Å². The molecule has 0 aliphatic carbocycles. The van der Waals surface area contributed by atoms with E-state index < -0.39 is 0 Å². The van der Waals surface area contributed by atoms with E-state index in [1.807, 2.05) is 31.3 Å². The first kappa shape index (κ1) is 17.1. The van der Waals surface area contributed by atoms with Gasteiger partial charge in [-0.15, -0.1) is 0 Å². The number of hydrogen-bond acceptors (Lipinski definition) is 3. The third kappa shape index (κ3) is 3.83. The summed E-state index contributed by atoms with van der Waals surface area (Å²) in [5.74, 6) is 0.240. The van der Waals surface area contributed by atoms with Crippen LogP contribution in [0.2, 0.25) is 0 Å². The van der Waals surface area contributed by atoms with Crippen LogP contribution in [-0.2, 0) is 4.79 Å². The van der Waals surface area contributed by atoms with Crippen LogP contribution in [0.15, 0.2) is 41.7 Å². The monoisotopic (exact) mass is 343 g/mol. The summed E-state index contributed by atoms with van der Waals surface area (Å²) < 4.78 is 0. The van der Waals surface area contributed by atoms with Crippen molar-refractivity contribution in [3.8, 4) is 11.3 Å². The van der Waals surface area contributed by atoms with Crippen molar-refractivity contribution in [2.24, 2.45) is 0 Å². The highest BCUT2D eigenvalue weighted by Crippen LogP contribution is 2.28. The zero-order valence-corrected chi connectivity index (χ0v) is 15.2. The molecule has 0 radical (unpaired) electrons. The Bertz CT molecular complexity index is 670. The third-order valence-electron chi connectivity index (χ3n) is 4.65. The molecule has 128 valence electrons. The standard InChI is InChI=1S/C19H25N3OS/c1-3-16-11-7-8-12-22(16)18(23)14(2)24-19-20-13-17(21-19)15-9-5-4-6-10-15/h4-6,9-10,13-14,16H,3,7-8,11-12H2,1-2H3,(H,20,21)/t14-,16-/m1/s1. The number of aromatic amines is 1. The number of amides is 1. The van der Waals surface area contributed by atoms with Gasteiger partial charge in [0.1, 0.15) is 0 Å². The summed E-state index contributed by atoms with van der Waals surface area (Å²) in [7, 11) is 0. The van der Waals surface area contributed by atoms with Crippen molar-refractivity contribution in [1.29, 1.82) is 0 Å². The molecule has 1 saturated heterocycles. The van der Waals surface area contributed by atoms with Crippen LogP contribution < -0.4 is 0 Å². The molecular weight excluding hydrogens is 318 g/mol. The van der Waals surface area contributed by atoms with Gasteiger partial charge in [0.15, 0.2) is 5.16 Å². The van der Waals surface area contributed by atoms with Crippen molar-refractivity contribution in [3.05, 3.63) is 36.5 Å². The summed E-state index contributed by atoms with van der Waals surface area (Å²) in [6.07, 6.45) is 6.38. The molecule has 3 rings (SSSR count). The van der Waals surface area contributed by atoms with Crippen LogP contribution in [0.3, 0.4) is 0 Å². The van der Waals surface area contributed by atoms with Gasteiger partial charge in [0.05, 0.1) is 17.1 Å². The lowest BCUT2D eigenvalue weighted by Gasteiger charge is -2.36. The highest BCUT2D eigenvalue weighted by Gasteiger charge is 2.29. The van der Waals surface area contributed by atoms with Crippen LogP contribution in [0.5, 0.6) is 0 Å². The lowest BCUT2D eigenvalue weighted by molar-refractivity contribution is -0.134. The Kier molecular flexibility index (Phi) is 5.61. The maximum atomic E-state index is 12.8. The lowest BCUT2D eigenvalue weighted by atomic mass is 10.00. The van der Waals surface area contributed by atoms with Gasteiger partial charge in [-0.1, -0.05) is 49.0 Å². The molecule has 2 heterocycles. The zero-order valence-electron chi connectivity index (χ0n) is 14.4. The summed E-state index contributed by atoms with van der Waals surface area (Å²) in [4.78, 5) is 22.7. The molecule has 5 heteroatoms. The smallest absolute Gasteiger partial charge is 0.236 e. The first-order chi connectivity index (χ1) is 11.7. The van der Waals surface area contributed by atoms with Gasteiger partial charge >= 0.3 is 0 Å². The zero-order chi connectivity index (χ0) is 16.9. The van der Waals surface area contributed by atoms with E-state index in [0.717, 1.165) is 42.2 Å². The normalized spacial score (nSPS) is 19.2. The van der Waals surface area contributed by atoms with Crippen LogP contribution in [0.1, 0.15) is 39.5 Å². The summed E-state index contributed by atoms with van der Waals surface area (Å²) in [5, 5.41) is 0.687. The van der Waals surface area contributed by atoms with Crippen molar-refractivity contribution in [1.82, 2.24) is 14.9 Å². The predicted octanol–water partition coefficient (Wildman–Crippen LogP) is 4.35. The Morgan fingerprint density at radius 3 is 2.92 bits per heavy atom. The molecular formula is C19H25N3OS. The van der Waals surface area contributed by atoms with Crippen molar-refractivity contribution in [2.75, 3.05) is 6.54 Å². The number of carbonyl (C=O) groups is 1. The Morgan fingerprint density at radius 2 is 2.17 bits per heavy atom. The molecule has 0 spiro atoms. The van der Waals surface area contributed by atoms with Gasteiger partial charge in [0.25, 0.3) is 0 Å². The van der Waals surface area contributed by atoms with E-state index >= 15 is 0 Å². The second-order valence-electron chi connectivity index (χ2n) is 6.32. The van der Waals surface area contributed by atoms with Crippen LogP contribution >= 0.6 is 11.8 Å². The number of H-pyrrole nitrogens is 1. The molecule has 1 N–H and O–H groups in total. The topological polar surface area (TPSA) is 49.0 Å². The first-order valence-corrected chi connectivity index (χ1v) is 9.64. The molecule has 4 nitrogen and oxygen atoms in total. The Balaban J connectivity index is 1.65. The van der Waals surface area contributed by atoms with Gasteiger partial charge in [-0.2, -0.15) is 0 Å². The third-order valence-corrected chi connectivity index (χ3v) is 5.64. The summed E-state index contributed by atoms with van der Waals surface area (Å²) in [5.41, 5.74) is 2.10. The van der Waals surface area contributed by atoms with Crippen LogP contribution in [0.4, 0.5) is 0 Å². The second-order valence-corrected chi connectivity index (χ2v) is 7.65. The fourth-order valence-corrected chi connectivity index (χ4v) is 4.15. The van der Waals surface area contributed by atoms with Crippen LogP contribution in [0, 0.1) is 0 Å². The highest BCUT2D eigenvalue weighted by molar-refractivity contribution is 8.00. The molecule has 0 unspecified atom stereocenters. The van der Waals surface area contributed by atoms with E-state index in [0.29, 0.717) is 6.04 Å². The van der Waals surface area contributed by atoms with Gasteiger partial charge in [0, 0.05) is 12.6 Å². The number of carbonyl (C=O) groups excluding carboxylic acids is 1. The number of nitrogens with one attached hydrogen (secondary N) is 1. The molecule has 24 heavy (non-hydrogen) atoms. The van der Waals surface area contributed by atoms with Gasteiger partial charge in [-0.3, -0.25) is 4.79 Å². The predicted molar refractivity (Wildman–Crippen MR) is 99.0 cm³/mol. The van der Waals surface area contributed by atoms with Gasteiger partial charge < -0.3 is 9.88 Å². The number of imidazole rings is 1. The van der Waals surface area contributed by atoms with Crippen LogP contribution in [-0.4, -0.2) is 38.6 Å². The number of piperidine rings is 1. The molecule has 1 fully saturated rings. The molecule has 1 aromatic heterocycles. The minimum absolute atomic E-state index is 0.119. The SMILES string of the molecule is CC[C@@H]1CCCCN1C(=O)[C@@H](C)Sc1ncc(-c2ccccc2)[nH]1. The molecule has 1 aromatic carbocycles. The molecule has 1 aliphatic heterocycles. The van der Waals surface area contributed by atoms with Crippen molar-refractivity contribution < 1.29 is 4.79 Å². The van der Waals surface area contributed by atoms with E-state index in [-0.39, 0.29) is 11.2 Å². The number of benzene rings is 1. The fourth-order valence-electron chi connectivity index (χ4n) is 3.29. The highest BCUT2D eigenvalue weighted by atomic mass is 32.2. The Hall–Kier alpha value is -1.75. The number of rotatable bonds is 5.